The maximum atomic E-state index is 12.7. The Labute approximate surface area is 197 Å². The highest BCUT2D eigenvalue weighted by Crippen LogP contribution is 2.34. The van der Waals surface area contributed by atoms with E-state index in [-0.39, 0.29) is 24.0 Å². The van der Waals surface area contributed by atoms with Crippen LogP contribution in [-0.2, 0) is 9.53 Å². The standard InChI is InChI=1S/C27H37N3O3/c1-17(25(31)29-23-15-24(28-16-23)21-9-10-21)18-5-7-19(8-6-18)20-11-13-22(14-12-20)30-26(32)33-27(2,3)4/h5-8,15,17,20-22H,9-14,16H2,1-4H3,(H,29,31)(H,30,32). The summed E-state index contributed by atoms with van der Waals surface area (Å²) in [5.74, 6) is 0.919. The van der Waals surface area contributed by atoms with Gasteiger partial charge in [0.25, 0.3) is 0 Å². The molecule has 1 aromatic rings. The van der Waals surface area contributed by atoms with E-state index in [0.29, 0.717) is 18.4 Å². The molecule has 178 valence electrons. The van der Waals surface area contributed by atoms with E-state index in [2.05, 4.69) is 46.0 Å². The van der Waals surface area contributed by atoms with Crippen LogP contribution in [0.15, 0.2) is 41.0 Å². The molecule has 2 amide bonds. The van der Waals surface area contributed by atoms with Crippen molar-refractivity contribution in [2.24, 2.45) is 10.9 Å². The number of allylic oxidation sites excluding steroid dienone is 1. The highest BCUT2D eigenvalue weighted by molar-refractivity contribution is 6.01. The Bertz CT molecular complexity index is 930. The van der Waals surface area contributed by atoms with Gasteiger partial charge in [-0.2, -0.15) is 0 Å². The molecule has 6 nitrogen and oxygen atoms in total. The number of hydrogen-bond acceptors (Lipinski definition) is 4. The SMILES string of the molecule is CC(C(=O)NC1=CC(C2CC2)=NC1)c1ccc(C2CCC(NC(=O)OC(C)(C)C)CC2)cc1. The zero-order chi connectivity index (χ0) is 23.6. The summed E-state index contributed by atoms with van der Waals surface area (Å²) in [6.45, 7) is 8.18. The molecular weight excluding hydrogens is 414 g/mol. The lowest BCUT2D eigenvalue weighted by atomic mass is 9.81. The average Bonchev–Trinajstić information content (AvgIpc) is 3.51. The molecule has 2 aliphatic carbocycles. The summed E-state index contributed by atoms with van der Waals surface area (Å²) in [6.07, 6.45) is 8.14. The minimum Gasteiger partial charge on any atom is -0.444 e. The molecule has 6 heteroatoms. The normalized spacial score (nSPS) is 23.9. The Balaban J connectivity index is 1.25. The lowest BCUT2D eigenvalue weighted by Crippen LogP contribution is -2.40. The van der Waals surface area contributed by atoms with Gasteiger partial charge in [-0.1, -0.05) is 24.3 Å². The number of aliphatic imine (C=N–C) groups is 1. The van der Waals surface area contributed by atoms with E-state index in [1.165, 1.54) is 18.4 Å². The van der Waals surface area contributed by atoms with Crippen molar-refractivity contribution >= 4 is 17.7 Å². The average molecular weight is 452 g/mol. The van der Waals surface area contributed by atoms with Crippen LogP contribution in [-0.4, -0.2) is 35.9 Å². The van der Waals surface area contributed by atoms with Gasteiger partial charge in [-0.3, -0.25) is 9.79 Å². The van der Waals surface area contributed by atoms with Crippen LogP contribution >= 0.6 is 0 Å². The van der Waals surface area contributed by atoms with Crippen LogP contribution < -0.4 is 10.6 Å². The van der Waals surface area contributed by atoms with Crippen molar-refractivity contribution in [3.8, 4) is 0 Å². The minimum absolute atomic E-state index is 0.0231. The van der Waals surface area contributed by atoms with E-state index >= 15 is 0 Å². The molecule has 33 heavy (non-hydrogen) atoms. The zero-order valence-corrected chi connectivity index (χ0v) is 20.3. The first-order valence-corrected chi connectivity index (χ1v) is 12.3. The Morgan fingerprint density at radius 3 is 2.24 bits per heavy atom. The first kappa shape index (κ1) is 23.5. The van der Waals surface area contributed by atoms with Gasteiger partial charge in [0, 0.05) is 23.4 Å². The molecule has 0 spiro atoms. The molecule has 2 fully saturated rings. The molecule has 1 heterocycles. The van der Waals surface area contributed by atoms with Crippen LogP contribution in [0.2, 0.25) is 0 Å². The Hall–Kier alpha value is -2.63. The van der Waals surface area contributed by atoms with Crippen molar-refractivity contribution in [1.29, 1.82) is 0 Å². The Morgan fingerprint density at radius 1 is 1.00 bits per heavy atom. The predicted octanol–water partition coefficient (Wildman–Crippen LogP) is 5.21. The molecule has 2 N–H and O–H groups in total. The summed E-state index contributed by atoms with van der Waals surface area (Å²) in [5.41, 5.74) is 3.93. The number of nitrogens with one attached hydrogen (secondary N) is 2. The van der Waals surface area contributed by atoms with Crippen LogP contribution in [0.25, 0.3) is 0 Å². The van der Waals surface area contributed by atoms with Gasteiger partial charge in [-0.25, -0.2) is 4.79 Å². The first-order chi connectivity index (χ1) is 15.7. The quantitative estimate of drug-likeness (QED) is 0.623. The summed E-state index contributed by atoms with van der Waals surface area (Å²) in [4.78, 5) is 29.3. The lowest BCUT2D eigenvalue weighted by Gasteiger charge is -2.30. The van der Waals surface area contributed by atoms with Crippen LogP contribution in [0.3, 0.4) is 0 Å². The van der Waals surface area contributed by atoms with E-state index in [1.807, 2.05) is 27.7 Å². The van der Waals surface area contributed by atoms with E-state index in [1.54, 1.807) is 0 Å². The number of carbonyl (C=O) groups is 2. The molecule has 2 saturated carbocycles. The number of benzene rings is 1. The third-order valence-electron chi connectivity index (χ3n) is 6.78. The second-order valence-corrected chi connectivity index (χ2v) is 10.8. The summed E-state index contributed by atoms with van der Waals surface area (Å²) in [5, 5.41) is 6.07. The molecule has 0 bridgehead atoms. The van der Waals surface area contributed by atoms with Crippen molar-refractivity contribution in [3.63, 3.8) is 0 Å². The number of hydrogen-bond donors (Lipinski definition) is 2. The molecule has 0 radical (unpaired) electrons. The van der Waals surface area contributed by atoms with Gasteiger partial charge in [0.2, 0.25) is 5.91 Å². The fourth-order valence-corrected chi connectivity index (χ4v) is 4.67. The summed E-state index contributed by atoms with van der Waals surface area (Å²) >= 11 is 0. The number of rotatable bonds is 6. The van der Waals surface area contributed by atoms with Gasteiger partial charge in [-0.05, 0) is 89.3 Å². The van der Waals surface area contributed by atoms with Gasteiger partial charge >= 0.3 is 6.09 Å². The van der Waals surface area contributed by atoms with E-state index < -0.39 is 5.60 Å². The molecule has 1 unspecified atom stereocenters. The molecule has 3 aliphatic rings. The van der Waals surface area contributed by atoms with E-state index in [9.17, 15) is 9.59 Å². The van der Waals surface area contributed by atoms with Crippen molar-refractivity contribution in [2.45, 2.75) is 89.7 Å². The topological polar surface area (TPSA) is 79.8 Å². The third kappa shape index (κ3) is 6.46. The predicted molar refractivity (Wildman–Crippen MR) is 130 cm³/mol. The largest absolute Gasteiger partial charge is 0.444 e. The lowest BCUT2D eigenvalue weighted by molar-refractivity contribution is -0.121. The maximum Gasteiger partial charge on any atom is 0.407 e. The summed E-state index contributed by atoms with van der Waals surface area (Å²) in [7, 11) is 0. The van der Waals surface area contributed by atoms with Crippen molar-refractivity contribution in [3.05, 3.63) is 47.2 Å². The molecular formula is C27H37N3O3. The van der Waals surface area contributed by atoms with Crippen molar-refractivity contribution in [1.82, 2.24) is 10.6 Å². The fraction of sp³-hybridized carbons (Fsp3) is 0.593. The Kier molecular flexibility index (Phi) is 6.91. The maximum absolute atomic E-state index is 12.7. The van der Waals surface area contributed by atoms with E-state index in [4.69, 9.17) is 4.74 Å². The van der Waals surface area contributed by atoms with Gasteiger partial charge in [0.15, 0.2) is 0 Å². The second kappa shape index (κ2) is 9.70. The van der Waals surface area contributed by atoms with Crippen molar-refractivity contribution in [2.75, 3.05) is 6.54 Å². The highest BCUT2D eigenvalue weighted by Gasteiger charge is 2.29. The van der Waals surface area contributed by atoms with Gasteiger partial charge < -0.3 is 15.4 Å². The zero-order valence-electron chi connectivity index (χ0n) is 20.3. The number of carbonyl (C=O) groups excluding carboxylic acids is 2. The van der Waals surface area contributed by atoms with Crippen LogP contribution in [0.1, 0.15) is 89.2 Å². The van der Waals surface area contributed by atoms with Crippen LogP contribution in [0.4, 0.5) is 4.79 Å². The number of amides is 2. The molecule has 1 aliphatic heterocycles. The summed E-state index contributed by atoms with van der Waals surface area (Å²) < 4.78 is 5.37. The number of ether oxygens (including phenoxy) is 1. The molecule has 1 aromatic carbocycles. The van der Waals surface area contributed by atoms with Gasteiger partial charge in [0.05, 0.1) is 12.5 Å². The monoisotopic (exact) mass is 451 g/mol. The second-order valence-electron chi connectivity index (χ2n) is 10.8. The fourth-order valence-electron chi connectivity index (χ4n) is 4.67. The summed E-state index contributed by atoms with van der Waals surface area (Å²) in [6, 6.07) is 8.66. The number of nitrogens with zero attached hydrogens (tertiary/aromatic N) is 1. The first-order valence-electron chi connectivity index (χ1n) is 12.3. The molecule has 1 atom stereocenters. The van der Waals surface area contributed by atoms with Crippen molar-refractivity contribution < 1.29 is 14.3 Å². The molecule has 4 rings (SSSR count). The minimum atomic E-state index is -0.474. The third-order valence-corrected chi connectivity index (χ3v) is 6.78. The van der Waals surface area contributed by atoms with Crippen LogP contribution in [0.5, 0.6) is 0 Å². The van der Waals surface area contributed by atoms with Crippen LogP contribution in [0, 0.1) is 5.92 Å². The smallest absolute Gasteiger partial charge is 0.407 e. The molecule has 0 aromatic heterocycles. The number of alkyl carbamates (subject to hydrolysis) is 1. The highest BCUT2D eigenvalue weighted by atomic mass is 16.6. The Morgan fingerprint density at radius 2 is 1.64 bits per heavy atom. The van der Waals surface area contributed by atoms with E-state index in [0.717, 1.165) is 42.7 Å². The van der Waals surface area contributed by atoms with Gasteiger partial charge in [0.1, 0.15) is 5.60 Å². The molecule has 0 saturated heterocycles. The van der Waals surface area contributed by atoms with Gasteiger partial charge in [-0.15, -0.1) is 0 Å².